The van der Waals surface area contributed by atoms with Crippen molar-refractivity contribution in [3.8, 4) is 16.3 Å². The van der Waals surface area contributed by atoms with Gasteiger partial charge >= 0.3 is 0 Å². The maximum Gasteiger partial charge on any atom is 0.271 e. The van der Waals surface area contributed by atoms with E-state index < -0.39 is 0 Å². The van der Waals surface area contributed by atoms with Gasteiger partial charge in [0.1, 0.15) is 0 Å². The molecule has 2 aromatic heterocycles. The van der Waals surface area contributed by atoms with E-state index in [1.165, 1.54) is 0 Å². The molecule has 5 nitrogen and oxygen atoms in total. The molecule has 3 aromatic rings. The van der Waals surface area contributed by atoms with Gasteiger partial charge in [-0.15, -0.1) is 23.7 Å². The lowest BCUT2D eigenvalue weighted by Gasteiger charge is -2.12. The van der Waals surface area contributed by atoms with Crippen LogP contribution in [0.1, 0.15) is 24.3 Å². The molecule has 26 heavy (non-hydrogen) atoms. The Morgan fingerprint density at radius 1 is 1.23 bits per heavy atom. The Hall–Kier alpha value is -2.15. The van der Waals surface area contributed by atoms with Gasteiger partial charge in [0, 0.05) is 12.6 Å². The molecule has 1 amide bonds. The second-order valence-corrected chi connectivity index (χ2v) is 6.76. The van der Waals surface area contributed by atoms with Crippen molar-refractivity contribution < 1.29 is 4.79 Å². The predicted octanol–water partition coefficient (Wildman–Crippen LogP) is 3.75. The van der Waals surface area contributed by atoms with Crippen LogP contribution in [0.15, 0.2) is 53.9 Å². The van der Waals surface area contributed by atoms with Gasteiger partial charge in [0.05, 0.1) is 16.3 Å². The monoisotopic (exact) mass is 390 g/mol. The molecule has 0 aliphatic heterocycles. The van der Waals surface area contributed by atoms with E-state index in [0.717, 1.165) is 22.8 Å². The third-order valence-corrected chi connectivity index (χ3v) is 4.73. The smallest absolute Gasteiger partial charge is 0.271 e. The van der Waals surface area contributed by atoms with Crippen LogP contribution in [0.5, 0.6) is 0 Å². The number of thiophene rings is 1. The molecule has 7 heteroatoms. The Morgan fingerprint density at radius 2 is 2.00 bits per heavy atom. The van der Waals surface area contributed by atoms with Crippen LogP contribution in [0.2, 0.25) is 0 Å². The minimum absolute atomic E-state index is 0. The van der Waals surface area contributed by atoms with Crippen molar-refractivity contribution in [2.24, 2.45) is 0 Å². The van der Waals surface area contributed by atoms with E-state index in [0.29, 0.717) is 12.2 Å². The molecule has 0 unspecified atom stereocenters. The minimum atomic E-state index is -0.155. The fraction of sp³-hybridized carbons (Fsp3) is 0.263. The highest BCUT2D eigenvalue weighted by molar-refractivity contribution is 7.13. The van der Waals surface area contributed by atoms with Crippen LogP contribution in [0.3, 0.4) is 0 Å². The molecule has 0 bridgehead atoms. The fourth-order valence-electron chi connectivity index (χ4n) is 2.61. The molecule has 138 valence electrons. The first-order chi connectivity index (χ1) is 12.2. The van der Waals surface area contributed by atoms with Crippen LogP contribution in [0.25, 0.3) is 16.3 Å². The summed E-state index contributed by atoms with van der Waals surface area (Å²) in [5.74, 6) is -0.155. The molecule has 3 rings (SSSR count). The number of hydrogen-bond donors (Lipinski definition) is 2. The Morgan fingerprint density at radius 3 is 2.65 bits per heavy atom. The van der Waals surface area contributed by atoms with Crippen LogP contribution >= 0.6 is 23.7 Å². The number of carbonyl (C=O) groups is 1. The van der Waals surface area contributed by atoms with Gasteiger partial charge in [-0.05, 0) is 43.1 Å². The van der Waals surface area contributed by atoms with Crippen LogP contribution in [-0.2, 0) is 0 Å². The van der Waals surface area contributed by atoms with Crippen LogP contribution < -0.4 is 10.6 Å². The van der Waals surface area contributed by atoms with E-state index in [-0.39, 0.29) is 24.4 Å². The third-order valence-electron chi connectivity index (χ3n) is 3.84. The molecule has 0 aliphatic rings. The van der Waals surface area contributed by atoms with E-state index in [1.54, 1.807) is 11.3 Å². The maximum absolute atomic E-state index is 12.5. The Bertz CT molecular complexity index is 817. The third kappa shape index (κ3) is 4.72. The van der Waals surface area contributed by atoms with E-state index >= 15 is 0 Å². The number of rotatable bonds is 7. The number of likely N-dealkylation sites (N-methyl/N-ethyl adjacent to an activating group) is 1. The zero-order valence-corrected chi connectivity index (χ0v) is 16.4. The zero-order valence-electron chi connectivity index (χ0n) is 14.8. The number of amides is 1. The topological polar surface area (TPSA) is 58.9 Å². The number of hydrogen-bond acceptors (Lipinski definition) is 4. The standard InChI is InChI=1S/C19H22N4OS.ClH/c1-3-20-14(2)13-21-19(24)16-12-17(18-10-7-11-25-18)23(22-16)15-8-5-4-6-9-15;/h4-12,14,20H,3,13H2,1-2H3,(H,21,24);1H/t14-;/m1./s1. The molecule has 1 aromatic carbocycles. The summed E-state index contributed by atoms with van der Waals surface area (Å²) < 4.78 is 1.83. The molecule has 0 spiro atoms. The maximum atomic E-state index is 12.5. The fourth-order valence-corrected chi connectivity index (χ4v) is 3.34. The van der Waals surface area contributed by atoms with E-state index in [2.05, 4.69) is 15.7 Å². The number of nitrogens with one attached hydrogen (secondary N) is 2. The van der Waals surface area contributed by atoms with Crippen molar-refractivity contribution in [2.45, 2.75) is 19.9 Å². The first-order valence-corrected chi connectivity index (χ1v) is 9.28. The quantitative estimate of drug-likeness (QED) is 0.645. The summed E-state index contributed by atoms with van der Waals surface area (Å²) in [6.45, 7) is 5.54. The summed E-state index contributed by atoms with van der Waals surface area (Å²) >= 11 is 1.63. The number of nitrogens with zero attached hydrogens (tertiary/aromatic N) is 2. The van der Waals surface area contributed by atoms with Crippen molar-refractivity contribution in [1.29, 1.82) is 0 Å². The Kier molecular flexibility index (Phi) is 7.38. The first-order valence-electron chi connectivity index (χ1n) is 8.40. The number of halogens is 1. The molecule has 0 saturated carbocycles. The SMILES string of the molecule is CCN[C@H](C)CNC(=O)c1cc(-c2cccs2)n(-c2ccccc2)n1.Cl. The normalized spacial score (nSPS) is 11.6. The first kappa shape index (κ1) is 20.2. The van der Waals surface area contributed by atoms with Crippen LogP contribution in [0, 0.1) is 0 Å². The number of aromatic nitrogens is 2. The summed E-state index contributed by atoms with van der Waals surface area (Å²) in [5.41, 5.74) is 2.29. The minimum Gasteiger partial charge on any atom is -0.349 e. The van der Waals surface area contributed by atoms with Crippen LogP contribution in [-0.4, -0.2) is 34.8 Å². The lowest BCUT2D eigenvalue weighted by molar-refractivity contribution is 0.0945. The van der Waals surface area contributed by atoms with Gasteiger partial charge in [-0.3, -0.25) is 4.79 Å². The molecular formula is C19H23ClN4OS. The van der Waals surface area contributed by atoms with E-state index in [9.17, 15) is 4.79 Å². The van der Waals surface area contributed by atoms with Crippen molar-refractivity contribution >= 4 is 29.7 Å². The van der Waals surface area contributed by atoms with E-state index in [1.807, 2.05) is 72.4 Å². The average molecular weight is 391 g/mol. The summed E-state index contributed by atoms with van der Waals surface area (Å²) in [4.78, 5) is 13.6. The molecule has 2 N–H and O–H groups in total. The second-order valence-electron chi connectivity index (χ2n) is 5.81. The van der Waals surface area contributed by atoms with Crippen molar-refractivity contribution in [3.05, 3.63) is 59.6 Å². The van der Waals surface area contributed by atoms with Gasteiger partial charge < -0.3 is 10.6 Å². The number of carbonyl (C=O) groups excluding carboxylic acids is 1. The highest BCUT2D eigenvalue weighted by Gasteiger charge is 2.17. The lowest BCUT2D eigenvalue weighted by Crippen LogP contribution is -2.38. The highest BCUT2D eigenvalue weighted by Crippen LogP contribution is 2.27. The summed E-state index contributed by atoms with van der Waals surface area (Å²) in [6, 6.07) is 16.0. The largest absolute Gasteiger partial charge is 0.349 e. The van der Waals surface area contributed by atoms with Crippen molar-refractivity contribution in [1.82, 2.24) is 20.4 Å². The summed E-state index contributed by atoms with van der Waals surface area (Å²) in [5, 5.41) is 12.8. The number of para-hydroxylation sites is 1. The van der Waals surface area contributed by atoms with E-state index in [4.69, 9.17) is 0 Å². The van der Waals surface area contributed by atoms with Gasteiger partial charge in [0.25, 0.3) is 5.91 Å². The van der Waals surface area contributed by atoms with Gasteiger partial charge in [0.2, 0.25) is 0 Å². The molecule has 0 fully saturated rings. The highest BCUT2D eigenvalue weighted by atomic mass is 35.5. The van der Waals surface area contributed by atoms with Gasteiger partial charge in [0.15, 0.2) is 5.69 Å². The molecular weight excluding hydrogens is 368 g/mol. The molecule has 1 atom stereocenters. The number of benzene rings is 1. The average Bonchev–Trinajstić information content (AvgIpc) is 3.30. The molecule has 0 saturated heterocycles. The van der Waals surface area contributed by atoms with Gasteiger partial charge in [-0.1, -0.05) is 31.2 Å². The second kappa shape index (κ2) is 9.52. The van der Waals surface area contributed by atoms with Gasteiger partial charge in [-0.25, -0.2) is 4.68 Å². The van der Waals surface area contributed by atoms with Crippen molar-refractivity contribution in [2.75, 3.05) is 13.1 Å². The lowest BCUT2D eigenvalue weighted by atomic mass is 10.2. The Balaban J connectivity index is 0.00000243. The van der Waals surface area contributed by atoms with Crippen molar-refractivity contribution in [3.63, 3.8) is 0 Å². The predicted molar refractivity (Wildman–Crippen MR) is 110 cm³/mol. The Labute approximate surface area is 163 Å². The summed E-state index contributed by atoms with van der Waals surface area (Å²) in [7, 11) is 0. The molecule has 0 radical (unpaired) electrons. The van der Waals surface area contributed by atoms with Gasteiger partial charge in [-0.2, -0.15) is 5.10 Å². The van der Waals surface area contributed by atoms with Crippen LogP contribution in [0.4, 0.5) is 0 Å². The summed E-state index contributed by atoms with van der Waals surface area (Å²) in [6.07, 6.45) is 0. The molecule has 0 aliphatic carbocycles. The zero-order chi connectivity index (χ0) is 17.6. The molecule has 2 heterocycles.